The Bertz CT molecular complexity index is 463. The zero-order valence-electron chi connectivity index (χ0n) is 10.6. The molecule has 1 amide bonds. The van der Waals surface area contributed by atoms with Gasteiger partial charge in [-0.05, 0) is 37.0 Å². The highest BCUT2D eigenvalue weighted by molar-refractivity contribution is 9.09. The molecule has 1 aliphatic heterocycles. The lowest BCUT2D eigenvalue weighted by Crippen LogP contribution is -2.43. The Morgan fingerprint density at radius 1 is 1.50 bits per heavy atom. The molecule has 0 bridgehead atoms. The molecule has 18 heavy (non-hydrogen) atoms. The number of amides is 1. The Balaban J connectivity index is 2.14. The van der Waals surface area contributed by atoms with Crippen molar-refractivity contribution in [3.63, 3.8) is 0 Å². The van der Waals surface area contributed by atoms with Crippen LogP contribution < -0.4 is 0 Å². The summed E-state index contributed by atoms with van der Waals surface area (Å²) < 4.78 is 0. The molecule has 0 saturated carbocycles. The number of rotatable bonds is 1. The summed E-state index contributed by atoms with van der Waals surface area (Å²) >= 11 is 9.71. The Kier molecular flexibility index (Phi) is 4.33. The maximum absolute atomic E-state index is 12.4. The van der Waals surface area contributed by atoms with Gasteiger partial charge in [0.15, 0.2) is 0 Å². The molecule has 1 heterocycles. The molecule has 1 saturated heterocycles. The van der Waals surface area contributed by atoms with Gasteiger partial charge < -0.3 is 4.90 Å². The molecule has 2 atom stereocenters. The van der Waals surface area contributed by atoms with Gasteiger partial charge in [-0.2, -0.15) is 0 Å². The first-order valence-corrected chi connectivity index (χ1v) is 7.48. The second kappa shape index (κ2) is 5.62. The summed E-state index contributed by atoms with van der Waals surface area (Å²) in [5.74, 6) is 0.698. The van der Waals surface area contributed by atoms with E-state index in [1.807, 2.05) is 24.0 Å². The van der Waals surface area contributed by atoms with Crippen molar-refractivity contribution in [2.75, 3.05) is 13.1 Å². The fourth-order valence-electron chi connectivity index (χ4n) is 2.12. The van der Waals surface area contributed by atoms with E-state index in [1.54, 1.807) is 6.07 Å². The third-order valence-corrected chi connectivity index (χ3v) is 5.17. The molecule has 4 heteroatoms. The van der Waals surface area contributed by atoms with Gasteiger partial charge in [-0.1, -0.05) is 40.5 Å². The van der Waals surface area contributed by atoms with E-state index in [9.17, 15) is 4.79 Å². The van der Waals surface area contributed by atoms with Crippen LogP contribution in [-0.2, 0) is 0 Å². The summed E-state index contributed by atoms with van der Waals surface area (Å²) in [6, 6.07) is 5.51. The lowest BCUT2D eigenvalue weighted by Gasteiger charge is -2.34. The number of likely N-dealkylation sites (tertiary alicyclic amines) is 1. The topological polar surface area (TPSA) is 20.3 Å². The van der Waals surface area contributed by atoms with Gasteiger partial charge in [-0.3, -0.25) is 4.79 Å². The van der Waals surface area contributed by atoms with Crippen LogP contribution in [0.5, 0.6) is 0 Å². The van der Waals surface area contributed by atoms with E-state index in [4.69, 9.17) is 11.6 Å². The summed E-state index contributed by atoms with van der Waals surface area (Å²) in [7, 11) is 0. The van der Waals surface area contributed by atoms with Crippen LogP contribution in [0.3, 0.4) is 0 Å². The number of nitrogens with zero attached hydrogens (tertiary/aromatic N) is 1. The second-order valence-corrected chi connectivity index (χ2v) is 6.58. The second-order valence-electron chi connectivity index (χ2n) is 5.00. The number of hydrogen-bond acceptors (Lipinski definition) is 1. The number of carbonyl (C=O) groups excluding carboxylic acids is 1. The highest BCUT2D eigenvalue weighted by Gasteiger charge is 2.27. The third kappa shape index (κ3) is 2.89. The van der Waals surface area contributed by atoms with Gasteiger partial charge in [-0.25, -0.2) is 0 Å². The molecule has 1 aromatic carbocycles. The smallest absolute Gasteiger partial charge is 0.253 e. The summed E-state index contributed by atoms with van der Waals surface area (Å²) in [5, 5.41) is 0.654. The molecule has 0 N–H and O–H groups in total. The van der Waals surface area contributed by atoms with Crippen LogP contribution in [0, 0.1) is 12.8 Å². The van der Waals surface area contributed by atoms with Gasteiger partial charge in [0.05, 0.1) is 0 Å². The predicted octanol–water partition coefficient (Wildman–Crippen LogP) is 3.89. The average molecular weight is 331 g/mol. The molecule has 1 fully saturated rings. The lowest BCUT2D eigenvalue weighted by molar-refractivity contribution is 0.0706. The maximum atomic E-state index is 12.4. The molecule has 0 radical (unpaired) electrons. The summed E-state index contributed by atoms with van der Waals surface area (Å²) in [4.78, 5) is 14.7. The maximum Gasteiger partial charge on any atom is 0.253 e. The van der Waals surface area contributed by atoms with Gasteiger partial charge in [0.2, 0.25) is 0 Å². The van der Waals surface area contributed by atoms with Crippen LogP contribution in [-0.4, -0.2) is 28.7 Å². The molecular weight excluding hydrogens is 314 g/mol. The van der Waals surface area contributed by atoms with Crippen LogP contribution >= 0.6 is 27.5 Å². The van der Waals surface area contributed by atoms with Crippen molar-refractivity contribution < 1.29 is 4.79 Å². The van der Waals surface area contributed by atoms with E-state index in [-0.39, 0.29) is 5.91 Å². The van der Waals surface area contributed by atoms with Gasteiger partial charge >= 0.3 is 0 Å². The number of alkyl halides is 1. The quantitative estimate of drug-likeness (QED) is 0.715. The van der Waals surface area contributed by atoms with E-state index >= 15 is 0 Å². The van der Waals surface area contributed by atoms with Crippen molar-refractivity contribution in [2.45, 2.75) is 25.1 Å². The van der Waals surface area contributed by atoms with Crippen molar-refractivity contribution in [1.82, 2.24) is 4.90 Å². The Morgan fingerprint density at radius 3 is 2.83 bits per heavy atom. The summed E-state index contributed by atoms with van der Waals surface area (Å²) in [5.41, 5.74) is 1.68. The predicted molar refractivity (Wildman–Crippen MR) is 78.6 cm³/mol. The van der Waals surface area contributed by atoms with E-state index in [0.717, 1.165) is 25.1 Å². The molecule has 0 aromatic heterocycles. The minimum absolute atomic E-state index is 0.0771. The number of carbonyl (C=O) groups is 1. The fourth-order valence-corrected chi connectivity index (χ4v) is 2.91. The molecule has 1 aromatic rings. The summed E-state index contributed by atoms with van der Waals surface area (Å²) in [6.45, 7) is 5.75. The minimum atomic E-state index is 0.0771. The first-order chi connectivity index (χ1) is 8.49. The van der Waals surface area contributed by atoms with Crippen LogP contribution in [0.15, 0.2) is 18.2 Å². The van der Waals surface area contributed by atoms with Crippen molar-refractivity contribution in [2.24, 2.45) is 5.92 Å². The lowest BCUT2D eigenvalue weighted by atomic mass is 9.98. The first-order valence-electron chi connectivity index (χ1n) is 6.18. The number of halogens is 2. The fraction of sp³-hybridized carbons (Fsp3) is 0.500. The molecule has 0 aliphatic carbocycles. The largest absolute Gasteiger partial charge is 0.338 e. The molecule has 98 valence electrons. The molecular formula is C14H17BrClNO. The SMILES string of the molecule is Cc1ccc(C(=O)N2CCC(C)C(Br)C2)cc1Cl. The van der Waals surface area contributed by atoms with Gasteiger partial charge in [0.1, 0.15) is 0 Å². The van der Waals surface area contributed by atoms with Gasteiger partial charge in [0.25, 0.3) is 5.91 Å². The zero-order valence-corrected chi connectivity index (χ0v) is 13.0. The minimum Gasteiger partial charge on any atom is -0.338 e. The Labute approximate surface area is 121 Å². The molecule has 2 rings (SSSR count). The van der Waals surface area contributed by atoms with E-state index in [0.29, 0.717) is 21.3 Å². The van der Waals surface area contributed by atoms with Crippen molar-refractivity contribution >= 4 is 33.4 Å². The van der Waals surface area contributed by atoms with E-state index in [2.05, 4.69) is 22.9 Å². The highest BCUT2D eigenvalue weighted by atomic mass is 79.9. The van der Waals surface area contributed by atoms with Crippen molar-refractivity contribution in [1.29, 1.82) is 0 Å². The number of hydrogen-bond donors (Lipinski definition) is 0. The first kappa shape index (κ1) is 13.9. The van der Waals surface area contributed by atoms with Crippen LogP contribution in [0.25, 0.3) is 0 Å². The van der Waals surface area contributed by atoms with Crippen molar-refractivity contribution in [3.8, 4) is 0 Å². The van der Waals surface area contributed by atoms with Gasteiger partial charge in [0, 0.05) is 28.5 Å². The van der Waals surface area contributed by atoms with Crippen molar-refractivity contribution in [3.05, 3.63) is 34.3 Å². The van der Waals surface area contributed by atoms with E-state index in [1.165, 1.54) is 0 Å². The van der Waals surface area contributed by atoms with Crippen LogP contribution in [0.4, 0.5) is 0 Å². The highest BCUT2D eigenvalue weighted by Crippen LogP contribution is 2.25. The molecule has 1 aliphatic rings. The summed E-state index contributed by atoms with van der Waals surface area (Å²) in [6.07, 6.45) is 1.04. The Hall–Kier alpha value is -0.540. The zero-order chi connectivity index (χ0) is 13.3. The van der Waals surface area contributed by atoms with Crippen LogP contribution in [0.2, 0.25) is 5.02 Å². The van der Waals surface area contributed by atoms with Gasteiger partial charge in [-0.15, -0.1) is 0 Å². The standard InChI is InChI=1S/C14H17BrClNO/c1-9-5-6-17(8-12(9)15)14(18)11-4-3-10(2)13(16)7-11/h3-4,7,9,12H,5-6,8H2,1-2H3. The number of aryl methyl sites for hydroxylation is 1. The molecule has 2 unspecified atom stereocenters. The third-order valence-electron chi connectivity index (χ3n) is 3.57. The number of piperidine rings is 1. The monoisotopic (exact) mass is 329 g/mol. The normalized spacial score (nSPS) is 24.1. The Morgan fingerprint density at radius 2 is 2.22 bits per heavy atom. The number of benzene rings is 1. The molecule has 2 nitrogen and oxygen atoms in total. The van der Waals surface area contributed by atoms with Crippen LogP contribution in [0.1, 0.15) is 29.3 Å². The van der Waals surface area contributed by atoms with E-state index < -0.39 is 0 Å². The molecule has 0 spiro atoms. The average Bonchev–Trinajstić information content (AvgIpc) is 2.35.